The maximum absolute atomic E-state index is 12.3. The van der Waals surface area contributed by atoms with E-state index in [4.69, 9.17) is 0 Å². The average Bonchev–Trinajstić information content (AvgIpc) is 2.02. The normalized spacial score (nSPS) is 14.2. The average molecular weight is 244 g/mol. The van der Waals surface area contributed by atoms with Gasteiger partial charge in [-0.2, -0.15) is 26.3 Å². The van der Waals surface area contributed by atoms with Crippen LogP contribution in [-0.2, 0) is 4.74 Å². The van der Waals surface area contributed by atoms with Gasteiger partial charge in [0.05, 0.1) is 6.26 Å². The molecular formula is C6H4F8O. The second-order valence-corrected chi connectivity index (χ2v) is 2.30. The Labute approximate surface area is 78.3 Å². The molecule has 0 amide bonds. The number of ether oxygens (including phenoxy) is 1. The molecule has 0 saturated heterocycles. The molecule has 0 aromatic rings. The lowest BCUT2D eigenvalue weighted by atomic mass is 10.1. The first kappa shape index (κ1) is 14.0. The first-order valence-corrected chi connectivity index (χ1v) is 3.21. The molecule has 0 fully saturated rings. The van der Waals surface area contributed by atoms with Crippen LogP contribution in [0.1, 0.15) is 0 Å². The van der Waals surface area contributed by atoms with Crippen molar-refractivity contribution < 1.29 is 39.9 Å². The SMILES string of the molecule is C=COC(F)(F)C(F)(F)C(F)(F)C(F)F. The largest absolute Gasteiger partial charge is 0.470 e. The quantitative estimate of drug-likeness (QED) is 0.532. The highest BCUT2D eigenvalue weighted by Crippen LogP contribution is 2.48. The molecule has 0 rings (SSSR count). The van der Waals surface area contributed by atoms with Crippen LogP contribution in [0.2, 0.25) is 0 Å². The Morgan fingerprint density at radius 2 is 1.40 bits per heavy atom. The maximum atomic E-state index is 12.3. The Hall–Kier alpha value is -1.02. The van der Waals surface area contributed by atoms with Crippen LogP contribution in [0.4, 0.5) is 35.1 Å². The minimum atomic E-state index is -6.34. The predicted octanol–water partition coefficient (Wildman–Crippen LogP) is 3.28. The first-order chi connectivity index (χ1) is 6.50. The van der Waals surface area contributed by atoms with Crippen molar-refractivity contribution in [1.82, 2.24) is 0 Å². The molecule has 0 atom stereocenters. The Morgan fingerprint density at radius 1 is 1.00 bits per heavy atom. The highest BCUT2D eigenvalue weighted by Gasteiger charge is 2.77. The van der Waals surface area contributed by atoms with Crippen molar-refractivity contribution in [2.24, 2.45) is 0 Å². The van der Waals surface area contributed by atoms with Crippen molar-refractivity contribution in [2.75, 3.05) is 0 Å². The Kier molecular flexibility index (Phi) is 3.59. The van der Waals surface area contributed by atoms with E-state index < -0.39 is 24.4 Å². The van der Waals surface area contributed by atoms with Crippen LogP contribution in [0.15, 0.2) is 12.8 Å². The molecule has 0 unspecified atom stereocenters. The standard InChI is InChI=1S/C6H4F8O/c1-2-15-6(13,14)5(11,12)4(9,10)3(7)8/h2-3H,1H2. The minimum Gasteiger partial charge on any atom is -0.436 e. The highest BCUT2D eigenvalue weighted by atomic mass is 19.4. The molecule has 9 heteroatoms. The molecule has 0 aliphatic carbocycles. The van der Waals surface area contributed by atoms with Gasteiger partial charge in [-0.25, -0.2) is 8.78 Å². The van der Waals surface area contributed by atoms with Gasteiger partial charge < -0.3 is 4.74 Å². The Morgan fingerprint density at radius 3 is 1.67 bits per heavy atom. The van der Waals surface area contributed by atoms with Crippen molar-refractivity contribution in [3.63, 3.8) is 0 Å². The molecule has 0 heterocycles. The fourth-order valence-electron chi connectivity index (χ4n) is 0.510. The third-order valence-electron chi connectivity index (χ3n) is 1.29. The third-order valence-corrected chi connectivity index (χ3v) is 1.29. The summed E-state index contributed by atoms with van der Waals surface area (Å²) in [5, 5.41) is 0. The van der Waals surface area contributed by atoms with E-state index in [1.54, 1.807) is 0 Å². The highest BCUT2D eigenvalue weighted by molar-refractivity contribution is 4.94. The maximum Gasteiger partial charge on any atom is 0.470 e. The summed E-state index contributed by atoms with van der Waals surface area (Å²) >= 11 is 0. The fraction of sp³-hybridized carbons (Fsp3) is 0.667. The molecule has 0 aliphatic rings. The predicted molar refractivity (Wildman–Crippen MR) is 32.1 cm³/mol. The molecule has 0 radical (unpaired) electrons. The summed E-state index contributed by atoms with van der Waals surface area (Å²) in [6.45, 7) is 2.42. The van der Waals surface area contributed by atoms with Gasteiger partial charge in [-0.05, 0) is 0 Å². The van der Waals surface area contributed by atoms with Gasteiger partial charge in [-0.1, -0.05) is 6.58 Å². The second-order valence-electron chi connectivity index (χ2n) is 2.30. The van der Waals surface area contributed by atoms with E-state index in [2.05, 4.69) is 11.3 Å². The molecule has 0 N–H and O–H groups in total. The van der Waals surface area contributed by atoms with Crippen molar-refractivity contribution >= 4 is 0 Å². The van der Waals surface area contributed by atoms with Crippen LogP contribution in [-0.4, -0.2) is 24.4 Å². The molecular weight excluding hydrogens is 240 g/mol. The lowest BCUT2D eigenvalue weighted by Crippen LogP contribution is -2.58. The number of alkyl halides is 8. The lowest BCUT2D eigenvalue weighted by molar-refractivity contribution is -0.400. The van der Waals surface area contributed by atoms with Crippen LogP contribution in [0.3, 0.4) is 0 Å². The Balaban J connectivity index is 5.19. The number of rotatable bonds is 5. The zero-order chi connectivity index (χ0) is 12.5. The summed E-state index contributed by atoms with van der Waals surface area (Å²) in [5.41, 5.74) is 0. The molecule has 0 aromatic heterocycles. The van der Waals surface area contributed by atoms with Gasteiger partial charge in [0.2, 0.25) is 0 Å². The molecule has 15 heavy (non-hydrogen) atoms. The molecule has 0 saturated carbocycles. The molecule has 0 aliphatic heterocycles. The van der Waals surface area contributed by atoms with Gasteiger partial charge in [0.15, 0.2) is 0 Å². The van der Waals surface area contributed by atoms with Gasteiger partial charge in [0.25, 0.3) is 0 Å². The van der Waals surface area contributed by atoms with Crippen LogP contribution >= 0.6 is 0 Å². The van der Waals surface area contributed by atoms with Crippen molar-refractivity contribution in [3.8, 4) is 0 Å². The summed E-state index contributed by atoms with van der Waals surface area (Å²) in [6.07, 6.45) is -11.0. The van der Waals surface area contributed by atoms with E-state index in [0.717, 1.165) is 0 Å². The van der Waals surface area contributed by atoms with E-state index in [9.17, 15) is 35.1 Å². The molecule has 1 nitrogen and oxygen atoms in total. The van der Waals surface area contributed by atoms with Crippen molar-refractivity contribution in [2.45, 2.75) is 24.4 Å². The summed E-state index contributed by atoms with van der Waals surface area (Å²) in [5.74, 6) is -12.6. The zero-order valence-corrected chi connectivity index (χ0v) is 6.79. The van der Waals surface area contributed by atoms with E-state index >= 15 is 0 Å². The zero-order valence-electron chi connectivity index (χ0n) is 6.79. The van der Waals surface area contributed by atoms with Gasteiger partial charge in [-0.15, -0.1) is 0 Å². The van der Waals surface area contributed by atoms with E-state index in [1.165, 1.54) is 0 Å². The molecule has 90 valence electrons. The molecule has 0 bridgehead atoms. The van der Waals surface area contributed by atoms with Crippen LogP contribution in [0.25, 0.3) is 0 Å². The van der Waals surface area contributed by atoms with Gasteiger partial charge >= 0.3 is 24.4 Å². The molecule has 0 aromatic carbocycles. The monoisotopic (exact) mass is 244 g/mol. The van der Waals surface area contributed by atoms with Crippen LogP contribution in [0.5, 0.6) is 0 Å². The molecule has 0 spiro atoms. The first-order valence-electron chi connectivity index (χ1n) is 3.21. The summed E-state index contributed by atoms with van der Waals surface area (Å²) in [6, 6.07) is 0. The third kappa shape index (κ3) is 2.15. The second kappa shape index (κ2) is 3.86. The van der Waals surface area contributed by atoms with Crippen LogP contribution in [0, 0.1) is 0 Å². The number of halogens is 8. The van der Waals surface area contributed by atoms with E-state index in [-0.39, 0.29) is 6.26 Å². The van der Waals surface area contributed by atoms with Gasteiger partial charge in [0.1, 0.15) is 0 Å². The van der Waals surface area contributed by atoms with Gasteiger partial charge in [0, 0.05) is 0 Å². The minimum absolute atomic E-state index is 0.255. The van der Waals surface area contributed by atoms with E-state index in [0.29, 0.717) is 0 Å². The summed E-state index contributed by atoms with van der Waals surface area (Å²) in [7, 11) is 0. The smallest absolute Gasteiger partial charge is 0.436 e. The number of hydrogen-bond acceptors (Lipinski definition) is 1. The Bertz CT molecular complexity index is 235. The van der Waals surface area contributed by atoms with Crippen molar-refractivity contribution in [1.29, 1.82) is 0 Å². The van der Waals surface area contributed by atoms with E-state index in [1.807, 2.05) is 0 Å². The van der Waals surface area contributed by atoms with Gasteiger partial charge in [-0.3, -0.25) is 0 Å². The van der Waals surface area contributed by atoms with Crippen molar-refractivity contribution in [3.05, 3.63) is 12.8 Å². The van der Waals surface area contributed by atoms with Crippen LogP contribution < -0.4 is 0 Å². The lowest BCUT2D eigenvalue weighted by Gasteiger charge is -2.30. The topological polar surface area (TPSA) is 9.23 Å². The fourth-order valence-corrected chi connectivity index (χ4v) is 0.510. The number of hydrogen-bond donors (Lipinski definition) is 0. The summed E-state index contributed by atoms with van der Waals surface area (Å²) in [4.78, 5) is 0. The summed E-state index contributed by atoms with van der Waals surface area (Å²) < 4.78 is 98.7.